The van der Waals surface area contributed by atoms with Gasteiger partial charge in [-0.25, -0.2) is 4.98 Å². The Morgan fingerprint density at radius 2 is 1.94 bits per heavy atom. The molecule has 5 nitrogen and oxygen atoms in total. The van der Waals surface area contributed by atoms with E-state index in [0.717, 1.165) is 27.9 Å². The van der Waals surface area contributed by atoms with Crippen LogP contribution in [0.4, 0.5) is 13.2 Å². The first-order valence-electron chi connectivity index (χ1n) is 11.3. The van der Waals surface area contributed by atoms with E-state index in [1.165, 1.54) is 0 Å². The molecule has 1 aromatic carbocycles. The molecule has 0 amide bonds. The van der Waals surface area contributed by atoms with E-state index in [0.29, 0.717) is 25.2 Å². The van der Waals surface area contributed by atoms with Crippen molar-refractivity contribution in [2.24, 2.45) is 18.4 Å². The van der Waals surface area contributed by atoms with Crippen LogP contribution in [0.1, 0.15) is 30.8 Å². The third kappa shape index (κ3) is 4.16. The minimum atomic E-state index is -4.16. The zero-order chi connectivity index (χ0) is 23.4. The molecule has 3 heterocycles. The van der Waals surface area contributed by atoms with Gasteiger partial charge in [-0.05, 0) is 50.2 Å². The molecule has 2 aliphatic rings. The monoisotopic (exact) mass is 456 g/mol. The number of aromatic nitrogens is 3. The lowest BCUT2D eigenvalue weighted by atomic mass is 9.98. The highest BCUT2D eigenvalue weighted by Gasteiger charge is 2.63. The van der Waals surface area contributed by atoms with E-state index in [2.05, 4.69) is 16.0 Å². The summed E-state index contributed by atoms with van der Waals surface area (Å²) >= 11 is 0. The quantitative estimate of drug-likeness (QED) is 0.539. The number of hydrogen-bond donors (Lipinski definition) is 0. The zero-order valence-electron chi connectivity index (χ0n) is 18.8. The van der Waals surface area contributed by atoms with Gasteiger partial charge in [-0.1, -0.05) is 12.1 Å². The number of rotatable bonds is 6. The van der Waals surface area contributed by atoms with Crippen LogP contribution in [0.5, 0.6) is 0 Å². The van der Waals surface area contributed by atoms with Crippen molar-refractivity contribution in [2.75, 3.05) is 19.6 Å². The maximum absolute atomic E-state index is 13.3. The first-order valence-corrected chi connectivity index (χ1v) is 11.3. The molecule has 8 heteroatoms. The van der Waals surface area contributed by atoms with Crippen LogP contribution in [0.3, 0.4) is 0 Å². The predicted molar refractivity (Wildman–Crippen MR) is 120 cm³/mol. The number of imidazole rings is 1. The Balaban J connectivity index is 1.27. The number of carbonyl (C=O) groups is 1. The minimum Gasteiger partial charge on any atom is -0.331 e. The normalized spacial score (nSPS) is 20.5. The first-order chi connectivity index (χ1) is 15.6. The fourth-order valence-corrected chi connectivity index (χ4v) is 4.88. The van der Waals surface area contributed by atoms with Gasteiger partial charge in [0.25, 0.3) is 0 Å². The molecule has 2 fully saturated rings. The van der Waals surface area contributed by atoms with Gasteiger partial charge in [0.2, 0.25) is 0 Å². The molecule has 174 valence electrons. The van der Waals surface area contributed by atoms with Gasteiger partial charge in [0.05, 0.1) is 17.3 Å². The van der Waals surface area contributed by atoms with Crippen molar-refractivity contribution in [3.63, 3.8) is 0 Å². The Labute approximate surface area is 190 Å². The smallest absolute Gasteiger partial charge is 0.331 e. The van der Waals surface area contributed by atoms with Gasteiger partial charge in [0, 0.05) is 55.3 Å². The number of nitrogens with zero attached hydrogens (tertiary/aromatic N) is 4. The molecule has 1 unspecified atom stereocenters. The Morgan fingerprint density at radius 1 is 1.15 bits per heavy atom. The van der Waals surface area contributed by atoms with E-state index < -0.39 is 11.6 Å². The number of benzene rings is 1. The van der Waals surface area contributed by atoms with E-state index in [-0.39, 0.29) is 37.5 Å². The van der Waals surface area contributed by atoms with E-state index >= 15 is 0 Å². The molecule has 1 aliphatic carbocycles. The summed E-state index contributed by atoms with van der Waals surface area (Å²) in [5.41, 5.74) is 1.20. The van der Waals surface area contributed by atoms with Gasteiger partial charge in [-0.2, -0.15) is 13.2 Å². The number of fused-ring (bicyclic) bond motifs is 1. The standard InChI is InChI=1S/C25H27F3N4O/c1-16-29-13-22(31(16)2)17-3-4-18-12-30-21(10-20(18)9-17)11-23(33)19-5-8-32(14-19)15-24(6-7-24)25(26,27)28/h3-4,9-10,12-13,19H,5-8,11,14-15H2,1-2H3. The summed E-state index contributed by atoms with van der Waals surface area (Å²) in [5, 5.41) is 1.99. The molecular formula is C25H27F3N4O. The molecule has 0 N–H and O–H groups in total. The highest BCUT2D eigenvalue weighted by molar-refractivity contribution is 5.88. The van der Waals surface area contributed by atoms with Gasteiger partial charge in [0.1, 0.15) is 11.6 Å². The van der Waals surface area contributed by atoms with Gasteiger partial charge in [0.15, 0.2) is 0 Å². The predicted octanol–water partition coefficient (Wildman–Crippen LogP) is 4.72. The lowest BCUT2D eigenvalue weighted by molar-refractivity contribution is -0.191. The molecule has 5 rings (SSSR count). The third-order valence-electron chi connectivity index (χ3n) is 7.36. The molecule has 0 bridgehead atoms. The summed E-state index contributed by atoms with van der Waals surface area (Å²) in [6.07, 6.45) is 0.686. The van der Waals surface area contributed by atoms with Crippen molar-refractivity contribution in [3.8, 4) is 11.3 Å². The molecule has 1 saturated carbocycles. The van der Waals surface area contributed by atoms with Crippen LogP contribution in [-0.2, 0) is 18.3 Å². The van der Waals surface area contributed by atoms with Crippen molar-refractivity contribution >= 4 is 16.6 Å². The summed E-state index contributed by atoms with van der Waals surface area (Å²) in [6, 6.07) is 8.06. The molecular weight excluding hydrogens is 429 g/mol. The Kier molecular flexibility index (Phi) is 5.31. The topological polar surface area (TPSA) is 51.0 Å². The van der Waals surface area contributed by atoms with Crippen LogP contribution in [0.25, 0.3) is 22.0 Å². The van der Waals surface area contributed by atoms with Crippen molar-refractivity contribution < 1.29 is 18.0 Å². The van der Waals surface area contributed by atoms with E-state index in [9.17, 15) is 18.0 Å². The van der Waals surface area contributed by atoms with Crippen molar-refractivity contribution in [3.05, 3.63) is 48.2 Å². The van der Waals surface area contributed by atoms with Crippen LogP contribution in [0.2, 0.25) is 0 Å². The van der Waals surface area contributed by atoms with Gasteiger partial charge in [-0.15, -0.1) is 0 Å². The molecule has 0 spiro atoms. The average molecular weight is 457 g/mol. The van der Waals surface area contributed by atoms with E-state index in [4.69, 9.17) is 0 Å². The zero-order valence-corrected chi connectivity index (χ0v) is 18.8. The highest BCUT2D eigenvalue weighted by Crippen LogP contribution is 2.58. The minimum absolute atomic E-state index is 0.0186. The first kappa shape index (κ1) is 22.1. The van der Waals surface area contributed by atoms with Crippen LogP contribution in [0.15, 0.2) is 36.7 Å². The van der Waals surface area contributed by atoms with Crippen molar-refractivity contribution in [2.45, 2.75) is 38.8 Å². The van der Waals surface area contributed by atoms with Crippen molar-refractivity contribution in [1.29, 1.82) is 0 Å². The van der Waals surface area contributed by atoms with Gasteiger partial charge in [-0.3, -0.25) is 9.78 Å². The number of hydrogen-bond acceptors (Lipinski definition) is 4. The molecule has 3 aromatic rings. The SMILES string of the molecule is Cc1ncc(-c2ccc3cnc(CC(=O)C4CCN(CC5(C(F)(F)F)CC5)C4)cc3c2)n1C. The van der Waals surface area contributed by atoms with Crippen molar-refractivity contribution in [1.82, 2.24) is 19.4 Å². The van der Waals surface area contributed by atoms with Crippen LogP contribution in [0, 0.1) is 18.3 Å². The largest absolute Gasteiger partial charge is 0.395 e. The number of alkyl halides is 3. The number of Topliss-reactive ketones (excluding diaryl/α,β-unsaturated/α-hetero) is 1. The number of aryl methyl sites for hydroxylation is 1. The summed E-state index contributed by atoms with van der Waals surface area (Å²) < 4.78 is 41.9. The second-order valence-corrected chi connectivity index (χ2v) is 9.63. The fourth-order valence-electron chi connectivity index (χ4n) is 4.88. The molecule has 33 heavy (non-hydrogen) atoms. The number of halogens is 3. The maximum Gasteiger partial charge on any atom is 0.395 e. The van der Waals surface area contributed by atoms with E-state index in [1.807, 2.05) is 47.8 Å². The molecule has 1 atom stereocenters. The van der Waals surface area contributed by atoms with E-state index in [1.54, 1.807) is 6.20 Å². The molecule has 2 aromatic heterocycles. The lowest BCUT2D eigenvalue weighted by Crippen LogP contribution is -2.37. The Bertz CT molecular complexity index is 1210. The summed E-state index contributed by atoms with van der Waals surface area (Å²) in [7, 11) is 1.98. The molecule has 1 saturated heterocycles. The second kappa shape index (κ2) is 7.94. The summed E-state index contributed by atoms with van der Waals surface area (Å²) in [6.45, 7) is 2.93. The second-order valence-electron chi connectivity index (χ2n) is 9.63. The van der Waals surface area contributed by atoms with Crippen LogP contribution in [-0.4, -0.2) is 51.0 Å². The Hall–Kier alpha value is -2.74. The number of carbonyl (C=O) groups excluding carboxylic acids is 1. The third-order valence-corrected chi connectivity index (χ3v) is 7.36. The maximum atomic E-state index is 13.3. The average Bonchev–Trinajstić information content (AvgIpc) is 3.29. The van der Waals surface area contributed by atoms with Crippen LogP contribution >= 0.6 is 0 Å². The Morgan fingerprint density at radius 3 is 2.61 bits per heavy atom. The number of ketones is 1. The summed E-state index contributed by atoms with van der Waals surface area (Å²) in [5.74, 6) is 0.759. The highest BCUT2D eigenvalue weighted by atomic mass is 19.4. The number of likely N-dealkylation sites (tertiary alicyclic amines) is 1. The molecule has 1 aliphatic heterocycles. The van der Waals surface area contributed by atoms with Gasteiger partial charge >= 0.3 is 6.18 Å². The lowest BCUT2D eigenvalue weighted by Gasteiger charge is -2.25. The van der Waals surface area contributed by atoms with Gasteiger partial charge < -0.3 is 9.47 Å². The number of pyridine rings is 1. The van der Waals surface area contributed by atoms with Crippen LogP contribution < -0.4 is 0 Å². The fraction of sp³-hybridized carbons (Fsp3) is 0.480. The summed E-state index contributed by atoms with van der Waals surface area (Å²) in [4.78, 5) is 23.5. The molecule has 0 radical (unpaired) electrons.